The van der Waals surface area contributed by atoms with Crippen molar-refractivity contribution in [2.75, 3.05) is 7.11 Å². The lowest BCUT2D eigenvalue weighted by atomic mass is 10.2. The van der Waals surface area contributed by atoms with E-state index in [2.05, 4.69) is 14.8 Å². The summed E-state index contributed by atoms with van der Waals surface area (Å²) in [6.45, 7) is 5.83. The fourth-order valence-corrected chi connectivity index (χ4v) is 4.75. The molecule has 1 N–H and O–H groups in total. The van der Waals surface area contributed by atoms with Crippen LogP contribution in [0.5, 0.6) is 5.75 Å². The molecule has 0 saturated heterocycles. The molecule has 0 spiro atoms. The molecule has 25 heavy (non-hydrogen) atoms. The number of aromatic nitrogens is 3. The Morgan fingerprint density at radius 2 is 2.04 bits per heavy atom. The largest absolute Gasteiger partial charge is 0.496 e. The summed E-state index contributed by atoms with van der Waals surface area (Å²) in [6, 6.07) is 7.29. The Morgan fingerprint density at radius 1 is 1.32 bits per heavy atom. The van der Waals surface area contributed by atoms with E-state index in [1.54, 1.807) is 20.1 Å². The Labute approximate surface area is 150 Å². The zero-order chi connectivity index (χ0) is 18.2. The zero-order valence-corrected chi connectivity index (χ0v) is 16.1. The van der Waals surface area contributed by atoms with Gasteiger partial charge in [-0.3, -0.25) is 0 Å². The van der Waals surface area contributed by atoms with Crippen molar-refractivity contribution in [2.45, 2.75) is 38.3 Å². The maximum Gasteiger partial charge on any atom is 0.260 e. The Bertz CT molecular complexity index is 1010. The van der Waals surface area contributed by atoms with Crippen LogP contribution in [0.1, 0.15) is 36.0 Å². The first-order valence-electron chi connectivity index (χ1n) is 7.81. The van der Waals surface area contributed by atoms with Crippen molar-refractivity contribution in [3.8, 4) is 5.75 Å². The fraction of sp³-hybridized carbons (Fsp3) is 0.375. The van der Waals surface area contributed by atoms with Crippen LogP contribution in [0.2, 0.25) is 0 Å². The topological polar surface area (TPSA) is 85.6 Å². The molecule has 0 aliphatic heterocycles. The molecule has 134 valence electrons. The minimum atomic E-state index is -3.77. The SMILES string of the molecule is COc1ccccc1CNS(=O)(=O)c1c(C)nc2sc(C(C)C)nn12. The van der Waals surface area contributed by atoms with Crippen molar-refractivity contribution in [1.82, 2.24) is 19.3 Å². The van der Waals surface area contributed by atoms with Gasteiger partial charge in [-0.15, -0.1) is 0 Å². The van der Waals surface area contributed by atoms with Gasteiger partial charge in [-0.2, -0.15) is 9.61 Å². The number of aryl methyl sites for hydroxylation is 1. The average Bonchev–Trinajstić information content (AvgIpc) is 3.09. The summed E-state index contributed by atoms with van der Waals surface area (Å²) in [6.07, 6.45) is 0. The number of nitrogens with zero attached hydrogens (tertiary/aromatic N) is 3. The molecule has 0 aliphatic rings. The smallest absolute Gasteiger partial charge is 0.260 e. The number of hydrogen-bond donors (Lipinski definition) is 1. The minimum absolute atomic E-state index is 0.0838. The van der Waals surface area contributed by atoms with Gasteiger partial charge in [0.25, 0.3) is 10.0 Å². The van der Waals surface area contributed by atoms with Gasteiger partial charge in [-0.05, 0) is 13.0 Å². The van der Waals surface area contributed by atoms with Crippen molar-refractivity contribution < 1.29 is 13.2 Å². The van der Waals surface area contributed by atoms with E-state index in [9.17, 15) is 8.42 Å². The molecule has 0 saturated carbocycles. The van der Waals surface area contributed by atoms with E-state index < -0.39 is 10.0 Å². The third-order valence-electron chi connectivity index (χ3n) is 3.73. The van der Waals surface area contributed by atoms with E-state index in [-0.39, 0.29) is 17.5 Å². The van der Waals surface area contributed by atoms with E-state index in [4.69, 9.17) is 4.74 Å². The predicted molar refractivity (Wildman–Crippen MR) is 96.7 cm³/mol. The Morgan fingerprint density at radius 3 is 2.72 bits per heavy atom. The van der Waals surface area contributed by atoms with E-state index in [0.29, 0.717) is 16.4 Å². The van der Waals surface area contributed by atoms with Gasteiger partial charge in [0.2, 0.25) is 4.96 Å². The third kappa shape index (κ3) is 3.39. The van der Waals surface area contributed by atoms with Crippen LogP contribution in [0.15, 0.2) is 29.3 Å². The van der Waals surface area contributed by atoms with Gasteiger partial charge in [0.15, 0.2) is 5.03 Å². The molecule has 9 heteroatoms. The van der Waals surface area contributed by atoms with Crippen molar-refractivity contribution in [1.29, 1.82) is 0 Å². The third-order valence-corrected chi connectivity index (χ3v) is 6.45. The maximum atomic E-state index is 12.8. The second-order valence-corrected chi connectivity index (χ2v) is 8.60. The highest BCUT2D eigenvalue weighted by Gasteiger charge is 2.26. The van der Waals surface area contributed by atoms with Crippen molar-refractivity contribution in [3.63, 3.8) is 0 Å². The molecule has 0 atom stereocenters. The minimum Gasteiger partial charge on any atom is -0.496 e. The van der Waals surface area contributed by atoms with Gasteiger partial charge in [0.05, 0.1) is 12.8 Å². The molecular weight excluding hydrogens is 360 g/mol. The van der Waals surface area contributed by atoms with Crippen molar-refractivity contribution >= 4 is 26.3 Å². The van der Waals surface area contributed by atoms with Crippen molar-refractivity contribution in [3.05, 3.63) is 40.5 Å². The summed E-state index contributed by atoms with van der Waals surface area (Å²) in [5, 5.41) is 5.35. The lowest BCUT2D eigenvalue weighted by Crippen LogP contribution is -2.25. The van der Waals surface area contributed by atoms with Crippen molar-refractivity contribution in [2.24, 2.45) is 0 Å². The molecule has 0 aliphatic carbocycles. The van der Waals surface area contributed by atoms with Gasteiger partial charge < -0.3 is 4.74 Å². The Kier molecular flexibility index (Phi) is 4.81. The van der Waals surface area contributed by atoms with Gasteiger partial charge >= 0.3 is 0 Å². The molecule has 0 bridgehead atoms. The van der Waals surface area contributed by atoms with Gasteiger partial charge in [0.1, 0.15) is 10.8 Å². The van der Waals surface area contributed by atoms with Crippen LogP contribution in [-0.2, 0) is 16.6 Å². The molecule has 0 radical (unpaired) electrons. The number of benzene rings is 1. The Balaban J connectivity index is 1.94. The van der Waals surface area contributed by atoms with Crippen LogP contribution in [0.4, 0.5) is 0 Å². The first-order chi connectivity index (χ1) is 11.8. The lowest BCUT2D eigenvalue weighted by Gasteiger charge is -2.10. The summed E-state index contributed by atoms with van der Waals surface area (Å²) in [5.41, 5.74) is 1.19. The lowest BCUT2D eigenvalue weighted by molar-refractivity contribution is 0.409. The van der Waals surface area contributed by atoms with Gasteiger partial charge in [-0.25, -0.2) is 18.1 Å². The highest BCUT2D eigenvalue weighted by molar-refractivity contribution is 7.89. The van der Waals surface area contributed by atoms with Crippen LogP contribution in [-0.4, -0.2) is 30.1 Å². The van der Waals surface area contributed by atoms with Gasteiger partial charge in [-0.1, -0.05) is 43.4 Å². The van der Waals surface area contributed by atoms with E-state index in [1.807, 2.05) is 32.0 Å². The summed E-state index contributed by atoms with van der Waals surface area (Å²) >= 11 is 1.41. The summed E-state index contributed by atoms with van der Waals surface area (Å²) in [4.78, 5) is 4.93. The standard InChI is InChI=1S/C16H20N4O3S2/c1-10(2)14-19-20-15(11(3)18-16(20)24-14)25(21,22)17-9-12-7-5-6-8-13(12)23-4/h5-8,10,17H,9H2,1-4H3. The second-order valence-electron chi connectivity index (χ2n) is 5.93. The number of para-hydroxylation sites is 1. The number of hydrogen-bond acceptors (Lipinski definition) is 6. The van der Waals surface area contributed by atoms with Crippen LogP contribution in [0.25, 0.3) is 4.96 Å². The first-order valence-corrected chi connectivity index (χ1v) is 10.1. The number of ether oxygens (including phenoxy) is 1. The number of nitrogens with one attached hydrogen (secondary N) is 1. The molecular formula is C16H20N4O3S2. The second kappa shape index (κ2) is 6.74. The molecule has 1 aromatic carbocycles. The average molecular weight is 380 g/mol. The predicted octanol–water partition coefficient (Wildman–Crippen LogP) is 2.71. The first kappa shape index (κ1) is 17.8. The summed E-state index contributed by atoms with van der Waals surface area (Å²) in [7, 11) is -2.21. The highest BCUT2D eigenvalue weighted by atomic mass is 32.2. The molecule has 7 nitrogen and oxygen atoms in total. The molecule has 2 heterocycles. The summed E-state index contributed by atoms with van der Waals surface area (Å²) in [5.74, 6) is 0.847. The van der Waals surface area contributed by atoms with Crippen LogP contribution in [0.3, 0.4) is 0 Å². The molecule has 0 fully saturated rings. The number of sulfonamides is 1. The quantitative estimate of drug-likeness (QED) is 0.711. The molecule has 2 aromatic heterocycles. The molecule has 0 unspecified atom stereocenters. The van der Waals surface area contributed by atoms with E-state index >= 15 is 0 Å². The maximum absolute atomic E-state index is 12.8. The number of rotatable bonds is 6. The van der Waals surface area contributed by atoms with Crippen LogP contribution >= 0.6 is 11.3 Å². The molecule has 3 rings (SSSR count). The summed E-state index contributed by atoms with van der Waals surface area (Å²) < 4.78 is 35.0. The van der Waals surface area contributed by atoms with E-state index in [1.165, 1.54) is 15.9 Å². The van der Waals surface area contributed by atoms with Gasteiger partial charge in [0, 0.05) is 18.0 Å². The monoisotopic (exact) mass is 380 g/mol. The van der Waals surface area contributed by atoms with E-state index in [0.717, 1.165) is 10.6 Å². The zero-order valence-electron chi connectivity index (χ0n) is 14.5. The number of imidazole rings is 1. The van der Waals surface area contributed by atoms with Crippen LogP contribution < -0.4 is 9.46 Å². The number of fused-ring (bicyclic) bond motifs is 1. The normalized spacial score (nSPS) is 12.2. The number of methoxy groups -OCH3 is 1. The fourth-order valence-electron chi connectivity index (χ4n) is 2.48. The molecule has 0 amide bonds. The highest BCUT2D eigenvalue weighted by Crippen LogP contribution is 2.26. The van der Waals surface area contributed by atoms with Crippen LogP contribution in [0, 0.1) is 6.92 Å². The Hall–Kier alpha value is -1.97. The molecule has 3 aromatic rings.